The predicted octanol–water partition coefficient (Wildman–Crippen LogP) is 3.06. The van der Waals surface area contributed by atoms with Crippen LogP contribution in [-0.4, -0.2) is 56.2 Å². The molecule has 0 amide bonds. The maximum absolute atomic E-state index is 5.71. The number of aliphatic imine (C=N–C) groups is 1. The van der Waals surface area contributed by atoms with Crippen molar-refractivity contribution < 1.29 is 4.74 Å². The highest BCUT2D eigenvalue weighted by Gasteiger charge is 2.21. The molecule has 0 aliphatic carbocycles. The Balaban J connectivity index is 1.72. The van der Waals surface area contributed by atoms with Crippen LogP contribution in [0.5, 0.6) is 5.75 Å². The van der Waals surface area contributed by atoms with Crippen molar-refractivity contribution in [1.82, 2.24) is 15.5 Å². The van der Waals surface area contributed by atoms with E-state index in [1.54, 1.807) is 0 Å². The van der Waals surface area contributed by atoms with Crippen LogP contribution in [0.25, 0.3) is 0 Å². The Hall–Kier alpha value is -1.75. The van der Waals surface area contributed by atoms with Crippen LogP contribution < -0.4 is 15.4 Å². The Morgan fingerprint density at radius 1 is 1.31 bits per heavy atom. The molecule has 1 fully saturated rings. The summed E-state index contributed by atoms with van der Waals surface area (Å²) < 4.78 is 5.71. The molecule has 26 heavy (non-hydrogen) atoms. The van der Waals surface area contributed by atoms with Crippen molar-refractivity contribution in [2.45, 2.75) is 58.5 Å². The molecule has 1 aliphatic rings. The van der Waals surface area contributed by atoms with E-state index in [-0.39, 0.29) is 0 Å². The molecule has 0 bridgehead atoms. The molecule has 1 aliphatic heterocycles. The Bertz CT molecular complexity index is 551. The number of benzene rings is 1. The van der Waals surface area contributed by atoms with Gasteiger partial charge >= 0.3 is 0 Å². The number of hydrogen-bond acceptors (Lipinski definition) is 3. The van der Waals surface area contributed by atoms with Crippen molar-refractivity contribution in [3.8, 4) is 5.75 Å². The van der Waals surface area contributed by atoms with Gasteiger partial charge in [-0.15, -0.1) is 0 Å². The lowest BCUT2D eigenvalue weighted by molar-refractivity contribution is 0.167. The van der Waals surface area contributed by atoms with Crippen LogP contribution in [0.4, 0.5) is 0 Å². The molecule has 0 saturated carbocycles. The van der Waals surface area contributed by atoms with Crippen LogP contribution in [0.2, 0.25) is 0 Å². The van der Waals surface area contributed by atoms with Gasteiger partial charge in [0.1, 0.15) is 5.75 Å². The molecule has 1 saturated heterocycles. The molecule has 0 atom stereocenters. The molecule has 0 radical (unpaired) electrons. The van der Waals surface area contributed by atoms with E-state index in [9.17, 15) is 0 Å². The lowest BCUT2D eigenvalue weighted by atomic mass is 10.0. The van der Waals surface area contributed by atoms with E-state index in [2.05, 4.69) is 59.5 Å². The third-order valence-electron chi connectivity index (χ3n) is 4.90. The third kappa shape index (κ3) is 6.87. The molecule has 0 aromatic heterocycles. The van der Waals surface area contributed by atoms with Crippen LogP contribution in [-0.2, 0) is 6.42 Å². The fourth-order valence-corrected chi connectivity index (χ4v) is 3.28. The number of likely N-dealkylation sites (tertiary alicyclic amines) is 1. The number of rotatable bonds is 8. The topological polar surface area (TPSA) is 48.9 Å². The molecule has 5 nitrogen and oxygen atoms in total. The zero-order valence-corrected chi connectivity index (χ0v) is 16.9. The minimum absolute atomic E-state index is 0.516. The van der Waals surface area contributed by atoms with Crippen LogP contribution in [0.1, 0.15) is 45.6 Å². The first-order valence-corrected chi connectivity index (χ1v) is 10.0. The largest absolute Gasteiger partial charge is 0.494 e. The van der Waals surface area contributed by atoms with Gasteiger partial charge in [-0.2, -0.15) is 0 Å². The van der Waals surface area contributed by atoms with Crippen molar-refractivity contribution in [3.63, 3.8) is 0 Å². The van der Waals surface area contributed by atoms with Crippen LogP contribution in [0, 0.1) is 0 Å². The Morgan fingerprint density at radius 3 is 2.73 bits per heavy atom. The van der Waals surface area contributed by atoms with Crippen molar-refractivity contribution in [2.24, 2.45) is 4.99 Å². The first-order valence-electron chi connectivity index (χ1n) is 10.0. The van der Waals surface area contributed by atoms with Gasteiger partial charge in [0.2, 0.25) is 0 Å². The average molecular weight is 361 g/mol. The van der Waals surface area contributed by atoms with Gasteiger partial charge in [0, 0.05) is 38.8 Å². The van der Waals surface area contributed by atoms with Gasteiger partial charge in [-0.3, -0.25) is 4.99 Å². The van der Waals surface area contributed by atoms with Crippen molar-refractivity contribution in [3.05, 3.63) is 29.8 Å². The third-order valence-corrected chi connectivity index (χ3v) is 4.90. The van der Waals surface area contributed by atoms with Gasteiger partial charge in [0.05, 0.1) is 6.61 Å². The summed E-state index contributed by atoms with van der Waals surface area (Å²) in [5, 5.41) is 7.02. The fourth-order valence-electron chi connectivity index (χ4n) is 3.28. The van der Waals surface area contributed by atoms with E-state index in [1.807, 2.05) is 13.1 Å². The molecule has 0 spiro atoms. The summed E-state index contributed by atoms with van der Waals surface area (Å²) in [6.07, 6.45) is 4.34. The molecule has 1 aromatic carbocycles. The van der Waals surface area contributed by atoms with Crippen LogP contribution in [0.15, 0.2) is 29.3 Å². The van der Waals surface area contributed by atoms with E-state index in [0.717, 1.165) is 50.8 Å². The van der Waals surface area contributed by atoms with Gasteiger partial charge in [-0.05, 0) is 57.2 Å². The zero-order valence-electron chi connectivity index (χ0n) is 16.9. The maximum Gasteiger partial charge on any atom is 0.191 e. The lowest BCUT2D eigenvalue weighted by Gasteiger charge is -2.35. The van der Waals surface area contributed by atoms with Crippen LogP contribution >= 0.6 is 0 Å². The number of piperidine rings is 1. The summed E-state index contributed by atoms with van der Waals surface area (Å²) in [5.41, 5.74) is 1.28. The monoisotopic (exact) mass is 360 g/mol. The summed E-state index contributed by atoms with van der Waals surface area (Å²) in [4.78, 5) is 6.93. The van der Waals surface area contributed by atoms with Crippen LogP contribution in [0.3, 0.4) is 0 Å². The number of guanidine groups is 1. The number of ether oxygens (including phenoxy) is 1. The van der Waals surface area contributed by atoms with E-state index in [1.165, 1.54) is 18.4 Å². The van der Waals surface area contributed by atoms with Crippen molar-refractivity contribution >= 4 is 5.96 Å². The van der Waals surface area contributed by atoms with Gasteiger partial charge in [0.25, 0.3) is 0 Å². The Morgan fingerprint density at radius 2 is 2.08 bits per heavy atom. The van der Waals surface area contributed by atoms with Crippen molar-refractivity contribution in [2.75, 3.05) is 33.3 Å². The quantitative estimate of drug-likeness (QED) is 0.553. The molecule has 1 aromatic rings. The van der Waals surface area contributed by atoms with E-state index in [4.69, 9.17) is 4.74 Å². The normalized spacial score (nSPS) is 16.7. The zero-order chi connectivity index (χ0) is 18.8. The van der Waals surface area contributed by atoms with E-state index < -0.39 is 0 Å². The van der Waals surface area contributed by atoms with E-state index >= 15 is 0 Å². The SMILES string of the molecule is CCCOc1cccc(CCNC(=NC)NC2CCN(C(C)C)CC2)c1. The second-order valence-corrected chi connectivity index (χ2v) is 7.29. The molecule has 2 N–H and O–H groups in total. The van der Waals surface area contributed by atoms with E-state index in [0.29, 0.717) is 12.1 Å². The highest BCUT2D eigenvalue weighted by Crippen LogP contribution is 2.14. The second kappa shape index (κ2) is 11.1. The number of nitrogens with zero attached hydrogens (tertiary/aromatic N) is 2. The molecule has 2 rings (SSSR count). The summed E-state index contributed by atoms with van der Waals surface area (Å²) in [6, 6.07) is 9.53. The lowest BCUT2D eigenvalue weighted by Crippen LogP contribution is -2.50. The summed E-state index contributed by atoms with van der Waals surface area (Å²) >= 11 is 0. The molecule has 0 unspecified atom stereocenters. The average Bonchev–Trinajstić information content (AvgIpc) is 2.66. The predicted molar refractivity (Wildman–Crippen MR) is 110 cm³/mol. The molecule has 146 valence electrons. The van der Waals surface area contributed by atoms with Gasteiger partial charge in [0.15, 0.2) is 5.96 Å². The highest BCUT2D eigenvalue weighted by molar-refractivity contribution is 5.79. The molecule has 5 heteroatoms. The van der Waals surface area contributed by atoms with Gasteiger partial charge < -0.3 is 20.3 Å². The standard InChI is InChI=1S/C21H36N4O/c1-5-15-26-20-8-6-7-18(16-20)9-12-23-21(22-4)24-19-10-13-25(14-11-19)17(2)3/h6-8,16-17,19H,5,9-15H2,1-4H3,(H2,22,23,24). The molecule has 1 heterocycles. The highest BCUT2D eigenvalue weighted by atomic mass is 16.5. The van der Waals surface area contributed by atoms with Crippen molar-refractivity contribution in [1.29, 1.82) is 0 Å². The fraction of sp³-hybridized carbons (Fsp3) is 0.667. The first kappa shape index (κ1) is 20.6. The minimum atomic E-state index is 0.516. The second-order valence-electron chi connectivity index (χ2n) is 7.29. The molecular formula is C21H36N4O. The number of hydrogen-bond donors (Lipinski definition) is 2. The molecular weight excluding hydrogens is 324 g/mol. The van der Waals surface area contributed by atoms with Gasteiger partial charge in [-0.1, -0.05) is 19.1 Å². The first-order chi connectivity index (χ1) is 12.6. The summed E-state index contributed by atoms with van der Waals surface area (Å²) in [5.74, 6) is 1.87. The summed E-state index contributed by atoms with van der Waals surface area (Å²) in [6.45, 7) is 10.6. The minimum Gasteiger partial charge on any atom is -0.494 e. The smallest absolute Gasteiger partial charge is 0.191 e. The maximum atomic E-state index is 5.71. The Kier molecular flexibility index (Phi) is 8.75. The van der Waals surface area contributed by atoms with Gasteiger partial charge in [-0.25, -0.2) is 0 Å². The summed E-state index contributed by atoms with van der Waals surface area (Å²) in [7, 11) is 1.85. The Labute approximate surface area is 159 Å². The number of nitrogens with one attached hydrogen (secondary N) is 2.